The van der Waals surface area contributed by atoms with Gasteiger partial charge in [0, 0.05) is 60.2 Å². The predicted molar refractivity (Wildman–Crippen MR) is 131 cm³/mol. The second-order valence-corrected chi connectivity index (χ2v) is 8.60. The molecule has 2 aliphatic rings. The highest BCUT2D eigenvalue weighted by molar-refractivity contribution is 5.74. The Morgan fingerprint density at radius 1 is 1.00 bits per heavy atom. The van der Waals surface area contributed by atoms with E-state index in [1.54, 1.807) is 18.6 Å². The van der Waals surface area contributed by atoms with E-state index in [0.717, 1.165) is 70.3 Å². The van der Waals surface area contributed by atoms with Gasteiger partial charge in [-0.25, -0.2) is 0 Å². The number of H-pyrrole nitrogens is 1. The number of rotatable bonds is 5. The van der Waals surface area contributed by atoms with Gasteiger partial charge in [0.1, 0.15) is 11.5 Å². The standard InChI is InChI=1S/C27H25N3O4/c31-26-15-22(30-7-10-32-11-8-30)14-24(29-26)23-3-1-2-19-12-20-13-21(4-5-25(20)34-27(19)23)28-16-18-6-9-33-17-18/h1-6,9,13-15,17,28H,7-8,10-12,16H2,(H,29,31). The minimum atomic E-state index is -0.124. The summed E-state index contributed by atoms with van der Waals surface area (Å²) in [5.41, 5.74) is 6.77. The SMILES string of the molecule is O=c1cc(N2CCOCC2)cc(-c2cccc3c2Oc2ccc(NCc4ccoc4)cc2C3)[nH]1. The van der Waals surface area contributed by atoms with Crippen LogP contribution in [-0.2, 0) is 17.7 Å². The first kappa shape index (κ1) is 20.6. The van der Waals surface area contributed by atoms with Gasteiger partial charge in [-0.3, -0.25) is 4.79 Å². The second kappa shape index (κ2) is 8.76. The number of para-hydroxylation sites is 1. The molecule has 0 radical (unpaired) electrons. The van der Waals surface area contributed by atoms with E-state index in [2.05, 4.69) is 27.3 Å². The topological polar surface area (TPSA) is 79.7 Å². The quantitative estimate of drug-likeness (QED) is 0.397. The summed E-state index contributed by atoms with van der Waals surface area (Å²) in [7, 11) is 0. The molecule has 0 spiro atoms. The lowest BCUT2D eigenvalue weighted by molar-refractivity contribution is 0.122. The van der Waals surface area contributed by atoms with Crippen LogP contribution in [0.3, 0.4) is 0 Å². The van der Waals surface area contributed by atoms with Crippen molar-refractivity contribution in [2.45, 2.75) is 13.0 Å². The van der Waals surface area contributed by atoms with Gasteiger partial charge in [0.25, 0.3) is 0 Å². The van der Waals surface area contributed by atoms with Crippen LogP contribution in [0.15, 0.2) is 76.3 Å². The fourth-order valence-corrected chi connectivity index (χ4v) is 4.57. The van der Waals surface area contributed by atoms with Crippen molar-refractivity contribution in [3.05, 3.63) is 94.2 Å². The second-order valence-electron chi connectivity index (χ2n) is 8.60. The zero-order chi connectivity index (χ0) is 22.9. The van der Waals surface area contributed by atoms with Crippen molar-refractivity contribution >= 4 is 11.4 Å². The molecule has 2 aliphatic heterocycles. The smallest absolute Gasteiger partial charge is 0.250 e. The lowest BCUT2D eigenvalue weighted by Gasteiger charge is -2.29. The van der Waals surface area contributed by atoms with E-state index < -0.39 is 0 Å². The molecule has 0 unspecified atom stereocenters. The Kier molecular flexibility index (Phi) is 5.31. The summed E-state index contributed by atoms with van der Waals surface area (Å²) in [5.74, 6) is 1.63. The van der Waals surface area contributed by atoms with Crippen LogP contribution in [0.1, 0.15) is 16.7 Å². The lowest BCUT2D eigenvalue weighted by atomic mass is 9.96. The normalized spacial score (nSPS) is 14.8. The molecule has 2 N–H and O–H groups in total. The summed E-state index contributed by atoms with van der Waals surface area (Å²) < 4.78 is 17.0. The van der Waals surface area contributed by atoms with E-state index in [1.165, 1.54) is 0 Å². The van der Waals surface area contributed by atoms with Crippen LogP contribution in [0.5, 0.6) is 11.5 Å². The van der Waals surface area contributed by atoms with Crippen LogP contribution in [-0.4, -0.2) is 31.3 Å². The van der Waals surface area contributed by atoms with Gasteiger partial charge in [-0.15, -0.1) is 0 Å². The fourth-order valence-electron chi connectivity index (χ4n) is 4.57. The van der Waals surface area contributed by atoms with E-state index in [-0.39, 0.29) is 5.56 Å². The van der Waals surface area contributed by atoms with Crippen molar-refractivity contribution in [3.8, 4) is 22.8 Å². The molecule has 0 saturated carbocycles. The first-order chi connectivity index (χ1) is 16.7. The highest BCUT2D eigenvalue weighted by Crippen LogP contribution is 2.43. The van der Waals surface area contributed by atoms with Crippen LogP contribution in [0.4, 0.5) is 11.4 Å². The Morgan fingerprint density at radius 3 is 2.76 bits per heavy atom. The number of fused-ring (bicyclic) bond motifs is 2. The first-order valence-electron chi connectivity index (χ1n) is 11.5. The van der Waals surface area contributed by atoms with E-state index >= 15 is 0 Å². The first-order valence-corrected chi connectivity index (χ1v) is 11.5. The van der Waals surface area contributed by atoms with Crippen LogP contribution in [0, 0.1) is 0 Å². The third kappa shape index (κ3) is 4.06. The number of pyridine rings is 1. The molecular formula is C27H25N3O4. The highest BCUT2D eigenvalue weighted by Gasteiger charge is 2.22. The largest absolute Gasteiger partial charge is 0.472 e. The van der Waals surface area contributed by atoms with Crippen molar-refractivity contribution in [2.24, 2.45) is 0 Å². The molecule has 1 saturated heterocycles. The Morgan fingerprint density at radius 2 is 1.91 bits per heavy atom. The summed E-state index contributed by atoms with van der Waals surface area (Å²) in [4.78, 5) is 17.7. The number of aromatic nitrogens is 1. The van der Waals surface area contributed by atoms with Gasteiger partial charge in [-0.05, 0) is 42.0 Å². The van der Waals surface area contributed by atoms with Gasteiger partial charge in [0.2, 0.25) is 5.56 Å². The molecule has 7 heteroatoms. The molecular weight excluding hydrogens is 430 g/mol. The minimum absolute atomic E-state index is 0.124. The molecule has 4 heterocycles. The number of hydrogen-bond donors (Lipinski definition) is 2. The molecule has 0 amide bonds. The van der Waals surface area contributed by atoms with E-state index in [4.69, 9.17) is 13.9 Å². The third-order valence-electron chi connectivity index (χ3n) is 6.32. The van der Waals surface area contributed by atoms with Gasteiger partial charge >= 0.3 is 0 Å². The van der Waals surface area contributed by atoms with Crippen molar-refractivity contribution in [1.29, 1.82) is 0 Å². The maximum absolute atomic E-state index is 12.5. The predicted octanol–water partition coefficient (Wildman–Crippen LogP) is 4.78. The molecule has 1 fully saturated rings. The molecule has 2 aromatic heterocycles. The fraction of sp³-hybridized carbons (Fsp3) is 0.222. The number of nitrogens with one attached hydrogen (secondary N) is 2. The molecule has 6 rings (SSSR count). The van der Waals surface area contributed by atoms with E-state index in [1.807, 2.05) is 36.4 Å². The van der Waals surface area contributed by atoms with Crippen LogP contribution in [0.2, 0.25) is 0 Å². The number of nitrogens with zero attached hydrogens (tertiary/aromatic N) is 1. The Labute approximate surface area is 196 Å². The zero-order valence-electron chi connectivity index (χ0n) is 18.7. The molecule has 172 valence electrons. The molecule has 0 aliphatic carbocycles. The average Bonchev–Trinajstić information content (AvgIpc) is 3.40. The monoisotopic (exact) mass is 455 g/mol. The van der Waals surface area contributed by atoms with Crippen molar-refractivity contribution < 1.29 is 13.9 Å². The Bertz CT molecular complexity index is 1370. The summed E-state index contributed by atoms with van der Waals surface area (Å²) in [6.45, 7) is 3.58. The summed E-state index contributed by atoms with van der Waals surface area (Å²) in [6, 6.07) is 17.9. The van der Waals surface area contributed by atoms with Gasteiger partial charge in [-0.2, -0.15) is 0 Å². The van der Waals surface area contributed by atoms with Crippen LogP contribution < -0.4 is 20.5 Å². The number of furan rings is 1. The van der Waals surface area contributed by atoms with E-state index in [0.29, 0.717) is 19.8 Å². The Balaban J connectivity index is 1.29. The average molecular weight is 456 g/mol. The molecule has 0 bridgehead atoms. The maximum atomic E-state index is 12.5. The highest BCUT2D eigenvalue weighted by atomic mass is 16.5. The molecule has 0 atom stereocenters. The van der Waals surface area contributed by atoms with Crippen molar-refractivity contribution in [3.63, 3.8) is 0 Å². The minimum Gasteiger partial charge on any atom is -0.472 e. The van der Waals surface area contributed by atoms with Gasteiger partial charge < -0.3 is 29.1 Å². The third-order valence-corrected chi connectivity index (χ3v) is 6.32. The number of benzene rings is 2. The number of ether oxygens (including phenoxy) is 2. The Hall–Kier alpha value is -3.97. The lowest BCUT2D eigenvalue weighted by Crippen LogP contribution is -2.36. The summed E-state index contributed by atoms with van der Waals surface area (Å²) in [6.07, 6.45) is 4.17. The van der Waals surface area contributed by atoms with Gasteiger partial charge in [0.15, 0.2) is 0 Å². The van der Waals surface area contributed by atoms with Crippen molar-refractivity contribution in [1.82, 2.24) is 4.98 Å². The number of morpholine rings is 1. The molecule has 4 aromatic rings. The summed E-state index contributed by atoms with van der Waals surface area (Å²) >= 11 is 0. The van der Waals surface area contributed by atoms with Gasteiger partial charge in [0.05, 0.1) is 31.4 Å². The van der Waals surface area contributed by atoms with Crippen LogP contribution in [0.25, 0.3) is 11.3 Å². The zero-order valence-corrected chi connectivity index (χ0v) is 18.7. The maximum Gasteiger partial charge on any atom is 0.250 e. The summed E-state index contributed by atoms with van der Waals surface area (Å²) in [5, 5.41) is 3.43. The number of anilines is 2. The van der Waals surface area contributed by atoms with Crippen molar-refractivity contribution in [2.75, 3.05) is 36.5 Å². The van der Waals surface area contributed by atoms with Crippen LogP contribution >= 0.6 is 0 Å². The molecule has 7 nitrogen and oxygen atoms in total. The number of aromatic amines is 1. The number of hydrogen-bond acceptors (Lipinski definition) is 6. The molecule has 34 heavy (non-hydrogen) atoms. The molecule has 2 aromatic carbocycles. The van der Waals surface area contributed by atoms with Gasteiger partial charge in [-0.1, -0.05) is 12.1 Å². The van der Waals surface area contributed by atoms with E-state index in [9.17, 15) is 4.79 Å².